The number of aromatic nitrogens is 2. The Hall–Kier alpha value is -2.83. The van der Waals surface area contributed by atoms with Gasteiger partial charge in [0.05, 0.1) is 20.1 Å². The van der Waals surface area contributed by atoms with Gasteiger partial charge in [0, 0.05) is 38.6 Å². The number of anilines is 1. The second-order valence-corrected chi connectivity index (χ2v) is 6.79. The smallest absolute Gasteiger partial charge is 0.257 e. The minimum atomic E-state index is -0.0873. The third kappa shape index (κ3) is 4.67. The summed E-state index contributed by atoms with van der Waals surface area (Å²) in [5.41, 5.74) is 0.900. The topological polar surface area (TPSA) is 67.8 Å². The molecule has 0 bridgehead atoms. The quantitative estimate of drug-likeness (QED) is 0.776. The highest BCUT2D eigenvalue weighted by Crippen LogP contribution is 2.25. The second kappa shape index (κ2) is 8.70. The van der Waals surface area contributed by atoms with Crippen LogP contribution in [0.2, 0.25) is 0 Å². The minimum absolute atomic E-state index is 0.0831. The summed E-state index contributed by atoms with van der Waals surface area (Å²) in [5, 5.41) is 0. The maximum Gasteiger partial charge on any atom is 0.257 e. The summed E-state index contributed by atoms with van der Waals surface area (Å²) in [5.74, 6) is 2.02. The molecule has 144 valence electrons. The van der Waals surface area contributed by atoms with E-state index in [2.05, 4.69) is 9.97 Å². The predicted molar refractivity (Wildman–Crippen MR) is 103 cm³/mol. The SMILES string of the molecule is COc1ccccc1CC(=O)N1CCCC(Oc2nccnc2N(C)C)C1. The first-order valence-corrected chi connectivity index (χ1v) is 9.13. The molecule has 1 atom stereocenters. The van der Waals surface area contributed by atoms with Gasteiger partial charge in [-0.2, -0.15) is 0 Å². The first-order chi connectivity index (χ1) is 13.1. The van der Waals surface area contributed by atoms with Gasteiger partial charge in [0.1, 0.15) is 11.9 Å². The zero-order valence-electron chi connectivity index (χ0n) is 16.1. The van der Waals surface area contributed by atoms with Gasteiger partial charge < -0.3 is 19.3 Å². The molecule has 1 aliphatic rings. The van der Waals surface area contributed by atoms with Gasteiger partial charge in [0.15, 0.2) is 5.82 Å². The molecule has 7 nitrogen and oxygen atoms in total. The molecule has 1 aromatic carbocycles. The number of carbonyl (C=O) groups excluding carboxylic acids is 1. The van der Waals surface area contributed by atoms with Crippen LogP contribution in [0.25, 0.3) is 0 Å². The Morgan fingerprint density at radius 1 is 1.26 bits per heavy atom. The van der Waals surface area contributed by atoms with Crippen LogP contribution in [0, 0.1) is 0 Å². The van der Waals surface area contributed by atoms with Gasteiger partial charge in [-0.1, -0.05) is 18.2 Å². The van der Waals surface area contributed by atoms with Crippen LogP contribution in [0.1, 0.15) is 18.4 Å². The van der Waals surface area contributed by atoms with E-state index in [9.17, 15) is 4.79 Å². The normalized spacial score (nSPS) is 16.7. The van der Waals surface area contributed by atoms with Crippen molar-refractivity contribution in [3.8, 4) is 11.6 Å². The fourth-order valence-corrected chi connectivity index (χ4v) is 3.25. The van der Waals surface area contributed by atoms with E-state index in [0.717, 1.165) is 30.7 Å². The number of amides is 1. The van der Waals surface area contributed by atoms with Crippen LogP contribution < -0.4 is 14.4 Å². The van der Waals surface area contributed by atoms with E-state index in [1.54, 1.807) is 19.5 Å². The predicted octanol–water partition coefficient (Wildman–Crippen LogP) is 2.16. The van der Waals surface area contributed by atoms with E-state index in [4.69, 9.17) is 9.47 Å². The van der Waals surface area contributed by atoms with Gasteiger partial charge in [-0.25, -0.2) is 9.97 Å². The van der Waals surface area contributed by atoms with E-state index < -0.39 is 0 Å². The Morgan fingerprint density at radius 3 is 2.81 bits per heavy atom. The van der Waals surface area contributed by atoms with Crippen LogP contribution in [0.15, 0.2) is 36.7 Å². The van der Waals surface area contributed by atoms with E-state index >= 15 is 0 Å². The highest BCUT2D eigenvalue weighted by atomic mass is 16.5. The van der Waals surface area contributed by atoms with Gasteiger partial charge in [0.2, 0.25) is 5.91 Å². The molecule has 1 fully saturated rings. The van der Waals surface area contributed by atoms with E-state index in [-0.39, 0.29) is 12.0 Å². The van der Waals surface area contributed by atoms with Gasteiger partial charge >= 0.3 is 0 Å². The molecule has 0 saturated carbocycles. The number of hydrogen-bond donors (Lipinski definition) is 0. The molecule has 1 unspecified atom stereocenters. The highest BCUT2D eigenvalue weighted by molar-refractivity contribution is 5.79. The van der Waals surface area contributed by atoms with Crippen molar-refractivity contribution in [1.29, 1.82) is 0 Å². The summed E-state index contributed by atoms with van der Waals surface area (Å²) in [6.07, 6.45) is 5.30. The Labute approximate surface area is 159 Å². The minimum Gasteiger partial charge on any atom is -0.496 e. The molecule has 1 saturated heterocycles. The first kappa shape index (κ1) is 18.9. The fourth-order valence-electron chi connectivity index (χ4n) is 3.25. The van der Waals surface area contributed by atoms with Crippen molar-refractivity contribution in [1.82, 2.24) is 14.9 Å². The van der Waals surface area contributed by atoms with Crippen molar-refractivity contribution in [3.63, 3.8) is 0 Å². The number of nitrogens with zero attached hydrogens (tertiary/aromatic N) is 4. The summed E-state index contributed by atoms with van der Waals surface area (Å²) in [4.78, 5) is 25.2. The average molecular weight is 370 g/mol. The number of hydrogen-bond acceptors (Lipinski definition) is 6. The summed E-state index contributed by atoms with van der Waals surface area (Å²) >= 11 is 0. The summed E-state index contributed by atoms with van der Waals surface area (Å²) in [6, 6.07) is 7.63. The summed E-state index contributed by atoms with van der Waals surface area (Å²) in [7, 11) is 5.43. The van der Waals surface area contributed by atoms with E-state index in [1.807, 2.05) is 48.2 Å². The Bertz CT molecular complexity index is 781. The number of likely N-dealkylation sites (tertiary alicyclic amines) is 1. The lowest BCUT2D eigenvalue weighted by molar-refractivity contribution is -0.133. The molecule has 3 rings (SSSR count). The van der Waals surface area contributed by atoms with E-state index in [1.165, 1.54) is 0 Å². The van der Waals surface area contributed by atoms with Gasteiger partial charge in [-0.05, 0) is 18.9 Å². The average Bonchev–Trinajstić information content (AvgIpc) is 2.69. The van der Waals surface area contributed by atoms with Crippen molar-refractivity contribution in [2.24, 2.45) is 0 Å². The van der Waals surface area contributed by atoms with Crippen LogP contribution in [-0.4, -0.2) is 61.2 Å². The molecule has 0 spiro atoms. The Morgan fingerprint density at radius 2 is 2.04 bits per heavy atom. The van der Waals surface area contributed by atoms with E-state index in [0.29, 0.717) is 24.7 Å². The van der Waals surface area contributed by atoms with Crippen LogP contribution >= 0.6 is 0 Å². The Kier molecular flexibility index (Phi) is 6.11. The molecule has 7 heteroatoms. The van der Waals surface area contributed by atoms with Crippen molar-refractivity contribution >= 4 is 11.7 Å². The lowest BCUT2D eigenvalue weighted by Gasteiger charge is -2.33. The van der Waals surface area contributed by atoms with Crippen molar-refractivity contribution in [3.05, 3.63) is 42.2 Å². The molecule has 27 heavy (non-hydrogen) atoms. The molecule has 2 aromatic rings. The largest absolute Gasteiger partial charge is 0.496 e. The number of para-hydroxylation sites is 1. The number of rotatable bonds is 6. The Balaban J connectivity index is 1.65. The van der Waals surface area contributed by atoms with Crippen molar-refractivity contribution in [2.75, 3.05) is 39.2 Å². The van der Waals surface area contributed by atoms with Crippen LogP contribution in [0.4, 0.5) is 5.82 Å². The fraction of sp³-hybridized carbons (Fsp3) is 0.450. The number of ether oxygens (including phenoxy) is 2. The molecule has 1 amide bonds. The third-order valence-electron chi connectivity index (χ3n) is 4.61. The maximum absolute atomic E-state index is 12.8. The summed E-state index contributed by atoms with van der Waals surface area (Å²) < 4.78 is 11.4. The molecule has 0 radical (unpaired) electrons. The van der Waals surface area contributed by atoms with Gasteiger partial charge in [-0.15, -0.1) is 0 Å². The van der Waals surface area contributed by atoms with Gasteiger partial charge in [-0.3, -0.25) is 4.79 Å². The number of carbonyl (C=O) groups is 1. The number of piperidine rings is 1. The molecular weight excluding hydrogens is 344 g/mol. The van der Waals surface area contributed by atoms with Crippen LogP contribution in [-0.2, 0) is 11.2 Å². The number of benzene rings is 1. The lowest BCUT2D eigenvalue weighted by atomic mass is 10.1. The third-order valence-corrected chi connectivity index (χ3v) is 4.61. The molecule has 1 aromatic heterocycles. The zero-order valence-corrected chi connectivity index (χ0v) is 16.1. The zero-order chi connectivity index (χ0) is 19.2. The molecule has 1 aliphatic heterocycles. The van der Waals surface area contributed by atoms with Crippen molar-refractivity contribution in [2.45, 2.75) is 25.4 Å². The molecule has 0 aliphatic carbocycles. The number of methoxy groups -OCH3 is 1. The van der Waals surface area contributed by atoms with Crippen molar-refractivity contribution < 1.29 is 14.3 Å². The monoisotopic (exact) mass is 370 g/mol. The molecular formula is C20H26N4O3. The first-order valence-electron chi connectivity index (χ1n) is 9.13. The summed E-state index contributed by atoms with van der Waals surface area (Å²) in [6.45, 7) is 1.30. The molecule has 2 heterocycles. The second-order valence-electron chi connectivity index (χ2n) is 6.79. The lowest BCUT2D eigenvalue weighted by Crippen LogP contribution is -2.45. The highest BCUT2D eigenvalue weighted by Gasteiger charge is 2.26. The maximum atomic E-state index is 12.8. The van der Waals surface area contributed by atoms with Gasteiger partial charge in [0.25, 0.3) is 5.88 Å². The molecule has 0 N–H and O–H groups in total. The standard InChI is InChI=1S/C20H26N4O3/c1-23(2)19-20(22-11-10-21-19)27-16-8-6-12-24(14-16)18(25)13-15-7-4-5-9-17(15)26-3/h4-5,7,9-11,16H,6,8,12-14H2,1-3H3. The van der Waals surface area contributed by atoms with Crippen LogP contribution in [0.5, 0.6) is 11.6 Å². The van der Waals surface area contributed by atoms with Crippen LogP contribution in [0.3, 0.4) is 0 Å².